The molecule has 0 atom stereocenters. The molecule has 0 aromatic heterocycles. The molecular weight excluding hydrogens is 442 g/mol. The summed E-state index contributed by atoms with van der Waals surface area (Å²) in [7, 11) is 1.56. The first-order chi connectivity index (χ1) is 15.6. The Hall–Kier alpha value is -2.71. The van der Waals surface area contributed by atoms with Crippen LogP contribution in [0.15, 0.2) is 109 Å². The second-order valence-electron chi connectivity index (χ2n) is 7.65. The van der Waals surface area contributed by atoms with Crippen molar-refractivity contribution >= 4 is 33.1 Å². The number of hydrogen-bond acceptors (Lipinski definition) is 2. The summed E-state index contributed by atoms with van der Waals surface area (Å²) in [5, 5.41) is 3.04. The standard InChI is InChI=1S/C27H25ClFO2P/c1-30-21-31-27-18-17-23(29)19-22(27)20-32(28,24-11-5-2-6-12-24,25-13-7-3-8-14-25)26-15-9-4-10-16-26/h2-19H,20-21H2,1H3. The van der Waals surface area contributed by atoms with Gasteiger partial charge in [0.15, 0.2) is 0 Å². The first-order valence-electron chi connectivity index (χ1n) is 10.4. The molecule has 4 aromatic rings. The SMILES string of the molecule is COCOc1ccc(F)cc1CP(Cl)(c1ccccc1)(c1ccccc1)c1ccccc1. The fourth-order valence-corrected chi connectivity index (χ4v) is 10.3. The zero-order valence-electron chi connectivity index (χ0n) is 17.8. The first-order valence-corrected chi connectivity index (χ1v) is 13.7. The van der Waals surface area contributed by atoms with Crippen LogP contribution in [0.1, 0.15) is 5.56 Å². The van der Waals surface area contributed by atoms with E-state index < -0.39 is 5.96 Å². The normalized spacial score (nSPS) is 12.7. The van der Waals surface area contributed by atoms with E-state index >= 15 is 0 Å². The van der Waals surface area contributed by atoms with E-state index in [0.29, 0.717) is 17.5 Å². The zero-order valence-corrected chi connectivity index (χ0v) is 19.5. The molecule has 4 aromatic carbocycles. The monoisotopic (exact) mass is 466 g/mol. The van der Waals surface area contributed by atoms with E-state index in [4.69, 9.17) is 20.7 Å². The molecule has 5 heteroatoms. The van der Waals surface area contributed by atoms with Crippen LogP contribution < -0.4 is 20.7 Å². The van der Waals surface area contributed by atoms with Gasteiger partial charge in [0.2, 0.25) is 0 Å². The fourth-order valence-electron chi connectivity index (χ4n) is 4.19. The van der Waals surface area contributed by atoms with Gasteiger partial charge in [-0.15, -0.1) is 0 Å². The van der Waals surface area contributed by atoms with Gasteiger partial charge in [0, 0.05) is 0 Å². The molecule has 0 aliphatic carbocycles. The van der Waals surface area contributed by atoms with Crippen molar-refractivity contribution in [2.24, 2.45) is 0 Å². The van der Waals surface area contributed by atoms with Crippen LogP contribution in [0.25, 0.3) is 0 Å². The van der Waals surface area contributed by atoms with E-state index in [1.807, 2.05) is 54.6 Å². The van der Waals surface area contributed by atoms with Gasteiger partial charge in [-0.05, 0) is 0 Å². The molecule has 0 saturated heterocycles. The molecule has 2 nitrogen and oxygen atoms in total. The summed E-state index contributed by atoms with van der Waals surface area (Å²) in [4.78, 5) is 0. The molecule has 0 fully saturated rings. The Labute approximate surface area is 193 Å². The van der Waals surface area contributed by atoms with Gasteiger partial charge in [-0.25, -0.2) is 0 Å². The van der Waals surface area contributed by atoms with Crippen LogP contribution in [-0.4, -0.2) is 13.9 Å². The second kappa shape index (κ2) is 9.42. The van der Waals surface area contributed by atoms with Crippen LogP contribution in [0.4, 0.5) is 4.39 Å². The molecule has 0 heterocycles. The van der Waals surface area contributed by atoms with E-state index in [2.05, 4.69) is 36.4 Å². The van der Waals surface area contributed by atoms with Gasteiger partial charge in [0.1, 0.15) is 0 Å². The van der Waals surface area contributed by atoms with Crippen molar-refractivity contribution in [2.75, 3.05) is 13.9 Å². The van der Waals surface area contributed by atoms with Crippen molar-refractivity contribution in [3.8, 4) is 5.75 Å². The van der Waals surface area contributed by atoms with Gasteiger partial charge < -0.3 is 0 Å². The Bertz CT molecular complexity index is 1070. The Morgan fingerprint density at radius 3 is 1.62 bits per heavy atom. The van der Waals surface area contributed by atoms with Crippen molar-refractivity contribution < 1.29 is 13.9 Å². The Balaban J connectivity index is 2.05. The van der Waals surface area contributed by atoms with Crippen molar-refractivity contribution in [3.05, 3.63) is 121 Å². The van der Waals surface area contributed by atoms with E-state index in [1.165, 1.54) is 12.1 Å². The quantitative estimate of drug-likeness (QED) is 0.234. The van der Waals surface area contributed by atoms with Gasteiger partial charge in [0.25, 0.3) is 0 Å². The maximum atomic E-state index is 14.5. The van der Waals surface area contributed by atoms with Gasteiger partial charge in [-0.3, -0.25) is 0 Å². The Kier molecular flexibility index (Phi) is 6.62. The van der Waals surface area contributed by atoms with Crippen molar-refractivity contribution in [2.45, 2.75) is 6.16 Å². The molecule has 0 unspecified atom stereocenters. The molecule has 32 heavy (non-hydrogen) atoms. The molecule has 164 valence electrons. The van der Waals surface area contributed by atoms with Gasteiger partial charge in [0.05, 0.1) is 0 Å². The summed E-state index contributed by atoms with van der Waals surface area (Å²) >= 11 is 8.09. The van der Waals surface area contributed by atoms with Crippen LogP contribution in [0.2, 0.25) is 0 Å². The van der Waals surface area contributed by atoms with Crippen LogP contribution in [0, 0.1) is 5.82 Å². The third kappa shape index (κ3) is 4.04. The number of ether oxygens (including phenoxy) is 2. The number of hydrogen-bond donors (Lipinski definition) is 0. The third-order valence-electron chi connectivity index (χ3n) is 5.71. The van der Waals surface area contributed by atoms with Gasteiger partial charge in [-0.1, -0.05) is 0 Å². The second-order valence-corrected chi connectivity index (χ2v) is 14.1. The van der Waals surface area contributed by atoms with Crippen LogP contribution in [0.3, 0.4) is 0 Å². The number of benzene rings is 4. The van der Waals surface area contributed by atoms with E-state index in [1.54, 1.807) is 13.2 Å². The minimum atomic E-state index is -3.59. The summed E-state index contributed by atoms with van der Waals surface area (Å²) in [5.41, 5.74) is 0.700. The van der Waals surface area contributed by atoms with Crippen molar-refractivity contribution in [3.63, 3.8) is 0 Å². The van der Waals surface area contributed by atoms with E-state index in [-0.39, 0.29) is 12.6 Å². The van der Waals surface area contributed by atoms with Crippen molar-refractivity contribution in [1.29, 1.82) is 0 Å². The van der Waals surface area contributed by atoms with Crippen molar-refractivity contribution in [1.82, 2.24) is 0 Å². The summed E-state index contributed by atoms with van der Waals surface area (Å²) in [5.74, 6) is -3.37. The Morgan fingerprint density at radius 2 is 1.19 bits per heavy atom. The zero-order chi connectivity index (χ0) is 22.5. The summed E-state index contributed by atoms with van der Waals surface area (Å²) < 4.78 is 25.4. The first kappa shape index (κ1) is 22.5. The minimum absolute atomic E-state index is 0.0683. The summed E-state index contributed by atoms with van der Waals surface area (Å²) in [6, 6.07) is 34.9. The fraction of sp³-hybridized carbons (Fsp3) is 0.111. The predicted molar refractivity (Wildman–Crippen MR) is 134 cm³/mol. The van der Waals surface area contributed by atoms with Crippen LogP contribution in [0.5, 0.6) is 5.75 Å². The molecule has 0 amide bonds. The molecule has 0 aliphatic rings. The number of methoxy groups -OCH3 is 1. The molecule has 0 aliphatic heterocycles. The molecule has 0 radical (unpaired) electrons. The molecule has 0 N–H and O–H groups in total. The van der Waals surface area contributed by atoms with Crippen LogP contribution in [-0.2, 0) is 10.9 Å². The van der Waals surface area contributed by atoms with E-state index in [0.717, 1.165) is 15.9 Å². The average molecular weight is 467 g/mol. The van der Waals surface area contributed by atoms with Gasteiger partial charge >= 0.3 is 193 Å². The summed E-state index contributed by atoms with van der Waals surface area (Å²) in [6.07, 6.45) is 0.391. The van der Waals surface area contributed by atoms with Crippen LogP contribution >= 0.6 is 17.2 Å². The average Bonchev–Trinajstić information content (AvgIpc) is 2.85. The maximum absolute atomic E-state index is 14.5. The molecule has 0 spiro atoms. The van der Waals surface area contributed by atoms with Gasteiger partial charge in [-0.2, -0.15) is 0 Å². The predicted octanol–water partition coefficient (Wildman–Crippen LogP) is 5.99. The molecule has 0 bridgehead atoms. The third-order valence-corrected chi connectivity index (χ3v) is 12.9. The number of halogens is 2. The molecule has 0 saturated carbocycles. The molecule has 4 rings (SSSR count). The Morgan fingerprint density at radius 1 is 0.719 bits per heavy atom. The van der Waals surface area contributed by atoms with E-state index in [9.17, 15) is 4.39 Å². The number of rotatable bonds is 8. The molecular formula is C27H25ClFO2P. The summed E-state index contributed by atoms with van der Waals surface area (Å²) in [6.45, 7) is 0.0683. The topological polar surface area (TPSA) is 18.5 Å².